The molecule has 15 heavy (non-hydrogen) atoms. The van der Waals surface area contributed by atoms with Crippen molar-refractivity contribution in [3.8, 4) is 0 Å². The van der Waals surface area contributed by atoms with Crippen LogP contribution in [0.3, 0.4) is 0 Å². The van der Waals surface area contributed by atoms with Gasteiger partial charge in [-0.15, -0.1) is 0 Å². The fraction of sp³-hybridized carbons (Fsp3) is 0.400. The molecule has 1 N–H and O–H groups in total. The van der Waals surface area contributed by atoms with E-state index in [1.807, 2.05) is 0 Å². The van der Waals surface area contributed by atoms with Crippen molar-refractivity contribution in [3.05, 3.63) is 35.6 Å². The number of sulfone groups is 1. The van der Waals surface area contributed by atoms with Gasteiger partial charge < -0.3 is 5.11 Å². The van der Waals surface area contributed by atoms with E-state index < -0.39 is 27.0 Å². The van der Waals surface area contributed by atoms with E-state index >= 15 is 0 Å². The first-order valence-corrected chi connectivity index (χ1v) is 6.40. The van der Waals surface area contributed by atoms with Gasteiger partial charge in [0, 0.05) is 6.26 Å². The van der Waals surface area contributed by atoms with Crippen LogP contribution >= 0.6 is 0 Å². The molecule has 0 aliphatic rings. The summed E-state index contributed by atoms with van der Waals surface area (Å²) in [5.41, 5.74) is 0.398. The second-order valence-corrected chi connectivity index (χ2v) is 5.93. The van der Waals surface area contributed by atoms with Gasteiger partial charge in [-0.1, -0.05) is 12.1 Å². The zero-order valence-electron chi connectivity index (χ0n) is 8.51. The van der Waals surface area contributed by atoms with Gasteiger partial charge in [0.1, 0.15) is 5.82 Å². The number of aliphatic hydroxyl groups is 1. The second-order valence-electron chi connectivity index (χ2n) is 3.53. The molecule has 84 valence electrons. The molecule has 0 unspecified atom stereocenters. The maximum absolute atomic E-state index is 12.6. The van der Waals surface area contributed by atoms with E-state index in [0.29, 0.717) is 5.56 Å². The Balaban J connectivity index is 2.95. The van der Waals surface area contributed by atoms with Crippen molar-refractivity contribution in [3.63, 3.8) is 0 Å². The van der Waals surface area contributed by atoms with E-state index in [1.54, 1.807) is 0 Å². The SMILES string of the molecule is C[C@@H]([C@H](O)c1ccc(F)cc1)S(C)(=O)=O. The third kappa shape index (κ3) is 3.00. The molecule has 1 aromatic carbocycles. The smallest absolute Gasteiger partial charge is 0.152 e. The summed E-state index contributed by atoms with van der Waals surface area (Å²) in [5.74, 6) is -0.419. The first-order valence-electron chi connectivity index (χ1n) is 4.45. The van der Waals surface area contributed by atoms with Crippen LogP contribution in [0, 0.1) is 5.82 Å². The lowest BCUT2D eigenvalue weighted by molar-refractivity contribution is 0.176. The monoisotopic (exact) mass is 232 g/mol. The molecule has 0 fully saturated rings. The normalized spacial score (nSPS) is 16.0. The van der Waals surface area contributed by atoms with Crippen molar-refractivity contribution in [2.75, 3.05) is 6.26 Å². The first kappa shape index (κ1) is 12.1. The van der Waals surface area contributed by atoms with E-state index in [0.717, 1.165) is 6.26 Å². The van der Waals surface area contributed by atoms with Crippen LogP contribution in [0.25, 0.3) is 0 Å². The fourth-order valence-electron chi connectivity index (χ4n) is 1.17. The van der Waals surface area contributed by atoms with Gasteiger partial charge in [0.25, 0.3) is 0 Å². The standard InChI is InChI=1S/C10H13FO3S/c1-7(15(2,13)14)10(12)8-3-5-9(11)6-4-8/h3-7,10,12H,1-2H3/t7-,10-/m0/s1. The predicted molar refractivity (Wildman–Crippen MR) is 55.7 cm³/mol. The molecule has 0 aliphatic heterocycles. The van der Waals surface area contributed by atoms with Gasteiger partial charge in [0.15, 0.2) is 9.84 Å². The molecule has 1 aromatic rings. The van der Waals surface area contributed by atoms with Crippen LogP contribution in [0.4, 0.5) is 4.39 Å². The minimum absolute atomic E-state index is 0.398. The van der Waals surface area contributed by atoms with E-state index in [4.69, 9.17) is 0 Å². The van der Waals surface area contributed by atoms with Crippen LogP contribution in [-0.4, -0.2) is 25.0 Å². The molecule has 2 atom stereocenters. The minimum Gasteiger partial charge on any atom is -0.387 e. The van der Waals surface area contributed by atoms with Crippen LogP contribution in [0.15, 0.2) is 24.3 Å². The number of rotatable bonds is 3. The number of hydrogen-bond donors (Lipinski definition) is 1. The van der Waals surface area contributed by atoms with Crippen LogP contribution < -0.4 is 0 Å². The summed E-state index contributed by atoms with van der Waals surface area (Å²) in [7, 11) is -3.30. The topological polar surface area (TPSA) is 54.4 Å². The van der Waals surface area contributed by atoms with Gasteiger partial charge in [-0.05, 0) is 24.6 Å². The molecule has 1 rings (SSSR count). The molecule has 3 nitrogen and oxygen atoms in total. The second kappa shape index (κ2) is 4.28. The zero-order chi connectivity index (χ0) is 11.6. The van der Waals surface area contributed by atoms with Crippen molar-refractivity contribution in [1.29, 1.82) is 0 Å². The third-order valence-electron chi connectivity index (χ3n) is 2.33. The Kier molecular flexibility index (Phi) is 3.46. The summed E-state index contributed by atoms with van der Waals surface area (Å²) >= 11 is 0. The lowest BCUT2D eigenvalue weighted by Crippen LogP contribution is -2.24. The Hall–Kier alpha value is -0.940. The van der Waals surface area contributed by atoms with Gasteiger partial charge in [0.2, 0.25) is 0 Å². The van der Waals surface area contributed by atoms with Crippen molar-refractivity contribution >= 4 is 9.84 Å². The highest BCUT2D eigenvalue weighted by atomic mass is 32.2. The summed E-state index contributed by atoms with van der Waals surface area (Å²) in [6.07, 6.45) is -0.0645. The van der Waals surface area contributed by atoms with Crippen molar-refractivity contribution in [2.45, 2.75) is 18.3 Å². The van der Waals surface area contributed by atoms with E-state index in [9.17, 15) is 17.9 Å². The molecule has 0 aliphatic carbocycles. The third-order valence-corrected chi connectivity index (χ3v) is 3.94. The van der Waals surface area contributed by atoms with Gasteiger partial charge in [-0.25, -0.2) is 12.8 Å². The predicted octanol–water partition coefficient (Wildman–Crippen LogP) is 1.29. The van der Waals surface area contributed by atoms with Gasteiger partial charge >= 0.3 is 0 Å². The van der Waals surface area contributed by atoms with Gasteiger partial charge in [-0.2, -0.15) is 0 Å². The molecule has 0 bridgehead atoms. The molecule has 0 saturated heterocycles. The largest absolute Gasteiger partial charge is 0.387 e. The average Bonchev–Trinajstić information content (AvgIpc) is 2.15. The molecule has 0 heterocycles. The van der Waals surface area contributed by atoms with E-state index in [1.165, 1.54) is 31.2 Å². The lowest BCUT2D eigenvalue weighted by atomic mass is 10.1. The fourth-order valence-corrected chi connectivity index (χ4v) is 1.79. The van der Waals surface area contributed by atoms with Crippen LogP contribution in [0.1, 0.15) is 18.6 Å². The number of hydrogen-bond acceptors (Lipinski definition) is 3. The minimum atomic E-state index is -3.30. The Labute approximate surface area is 88.5 Å². The van der Waals surface area contributed by atoms with Crippen molar-refractivity contribution < 1.29 is 17.9 Å². The van der Waals surface area contributed by atoms with Gasteiger partial charge in [-0.3, -0.25) is 0 Å². The molecule has 0 radical (unpaired) electrons. The molecule has 0 spiro atoms. The summed E-state index contributed by atoms with van der Waals surface area (Å²) in [5, 5.41) is 8.81. The molecular weight excluding hydrogens is 219 g/mol. The molecular formula is C10H13FO3S. The number of halogens is 1. The van der Waals surface area contributed by atoms with Crippen LogP contribution in [0.5, 0.6) is 0 Å². The quantitative estimate of drug-likeness (QED) is 0.854. The lowest BCUT2D eigenvalue weighted by Gasteiger charge is -2.17. The van der Waals surface area contributed by atoms with Crippen LogP contribution in [0.2, 0.25) is 0 Å². The van der Waals surface area contributed by atoms with E-state index in [-0.39, 0.29) is 0 Å². The number of aliphatic hydroxyl groups excluding tert-OH is 1. The summed E-state index contributed by atoms with van der Waals surface area (Å²) < 4.78 is 34.9. The van der Waals surface area contributed by atoms with E-state index in [2.05, 4.69) is 0 Å². The highest BCUT2D eigenvalue weighted by molar-refractivity contribution is 7.91. The Morgan fingerprint density at radius 3 is 2.13 bits per heavy atom. The van der Waals surface area contributed by atoms with Gasteiger partial charge in [0.05, 0.1) is 11.4 Å². The highest BCUT2D eigenvalue weighted by Crippen LogP contribution is 2.21. The van der Waals surface area contributed by atoms with Crippen molar-refractivity contribution in [2.24, 2.45) is 0 Å². The maximum Gasteiger partial charge on any atom is 0.152 e. The molecule has 0 aromatic heterocycles. The first-order chi connectivity index (χ1) is 6.82. The Morgan fingerprint density at radius 2 is 1.73 bits per heavy atom. The van der Waals surface area contributed by atoms with Crippen molar-refractivity contribution in [1.82, 2.24) is 0 Å². The molecule has 0 amide bonds. The molecule has 0 saturated carbocycles. The summed E-state index contributed by atoms with van der Waals surface area (Å²) in [6, 6.07) is 5.13. The summed E-state index contributed by atoms with van der Waals surface area (Å²) in [4.78, 5) is 0. The molecule has 5 heteroatoms. The Morgan fingerprint density at radius 1 is 1.27 bits per heavy atom. The average molecular weight is 232 g/mol. The Bertz CT molecular complexity index is 424. The zero-order valence-corrected chi connectivity index (χ0v) is 9.33. The summed E-state index contributed by atoms with van der Waals surface area (Å²) in [6.45, 7) is 1.42. The maximum atomic E-state index is 12.6. The van der Waals surface area contributed by atoms with Crippen LogP contribution in [-0.2, 0) is 9.84 Å². The number of benzene rings is 1. The highest BCUT2D eigenvalue weighted by Gasteiger charge is 2.25.